The van der Waals surface area contributed by atoms with Crippen LogP contribution in [0.4, 0.5) is 4.79 Å². The van der Waals surface area contributed by atoms with E-state index in [0.717, 1.165) is 24.9 Å². The molecule has 1 saturated heterocycles. The largest absolute Gasteiger partial charge is 0.467 e. The minimum Gasteiger partial charge on any atom is -0.467 e. The van der Waals surface area contributed by atoms with Gasteiger partial charge >= 0.3 is 12.0 Å². The van der Waals surface area contributed by atoms with Gasteiger partial charge in [0.15, 0.2) is 6.04 Å². The van der Waals surface area contributed by atoms with E-state index in [4.69, 9.17) is 5.11 Å². The minimum atomic E-state index is -1.11. The normalized spacial score (nSPS) is 20.2. The molecule has 0 unspecified atom stereocenters. The highest BCUT2D eigenvalue weighted by atomic mass is 16.5. The molecule has 4 amide bonds. The van der Waals surface area contributed by atoms with Crippen LogP contribution >= 0.6 is 0 Å². The summed E-state index contributed by atoms with van der Waals surface area (Å²) in [7, 11) is 1.16. The third kappa shape index (κ3) is 3.66. The Hall–Kier alpha value is -2.16. The summed E-state index contributed by atoms with van der Waals surface area (Å²) < 4.78 is 4.45. The summed E-state index contributed by atoms with van der Waals surface area (Å²) in [6.07, 6.45) is 3.45. The van der Waals surface area contributed by atoms with Crippen molar-refractivity contribution in [1.29, 1.82) is 0 Å². The van der Waals surface area contributed by atoms with Gasteiger partial charge in [0.25, 0.3) is 5.91 Å². The second-order valence-corrected chi connectivity index (χ2v) is 6.11. The standard InChI is InChI=1S/C15H23N3O6/c1-24-12(21)10(9-19)16-11(20)5-4-8-18-13(22)15(17-14(18)23)6-2-3-7-15/h10,19H,2-9H2,1H3,(H,16,20)(H,17,23)/t10-/m0/s1. The zero-order valence-electron chi connectivity index (χ0n) is 13.7. The predicted molar refractivity (Wildman–Crippen MR) is 81.7 cm³/mol. The maximum Gasteiger partial charge on any atom is 0.330 e. The number of aliphatic hydroxyl groups is 1. The lowest BCUT2D eigenvalue weighted by atomic mass is 9.98. The van der Waals surface area contributed by atoms with Gasteiger partial charge in [-0.15, -0.1) is 0 Å². The van der Waals surface area contributed by atoms with Gasteiger partial charge in [-0.05, 0) is 19.3 Å². The monoisotopic (exact) mass is 341 g/mol. The van der Waals surface area contributed by atoms with E-state index in [1.54, 1.807) is 0 Å². The number of imide groups is 1. The number of esters is 1. The fourth-order valence-corrected chi connectivity index (χ4v) is 3.18. The molecule has 2 aliphatic rings. The molecule has 24 heavy (non-hydrogen) atoms. The van der Waals surface area contributed by atoms with Crippen LogP contribution in [0.3, 0.4) is 0 Å². The fraction of sp³-hybridized carbons (Fsp3) is 0.733. The van der Waals surface area contributed by atoms with Crippen molar-refractivity contribution >= 4 is 23.8 Å². The van der Waals surface area contributed by atoms with Crippen LogP contribution in [0.1, 0.15) is 38.5 Å². The molecular formula is C15H23N3O6. The molecule has 134 valence electrons. The van der Waals surface area contributed by atoms with Gasteiger partial charge in [0.1, 0.15) is 5.54 Å². The third-order valence-electron chi connectivity index (χ3n) is 4.49. The molecule has 3 N–H and O–H groups in total. The van der Waals surface area contributed by atoms with E-state index in [9.17, 15) is 19.2 Å². The van der Waals surface area contributed by atoms with Gasteiger partial charge in [-0.2, -0.15) is 0 Å². The van der Waals surface area contributed by atoms with Crippen LogP contribution in [0, 0.1) is 0 Å². The van der Waals surface area contributed by atoms with Gasteiger partial charge < -0.3 is 20.5 Å². The Labute approximate surface area is 139 Å². The molecule has 0 aromatic rings. The molecular weight excluding hydrogens is 318 g/mol. The first-order chi connectivity index (χ1) is 11.4. The van der Waals surface area contributed by atoms with Crippen molar-refractivity contribution in [2.75, 3.05) is 20.3 Å². The first-order valence-electron chi connectivity index (χ1n) is 8.05. The lowest BCUT2D eigenvalue weighted by molar-refractivity contribution is -0.146. The molecule has 1 saturated carbocycles. The summed E-state index contributed by atoms with van der Waals surface area (Å²) in [6, 6.07) is -1.52. The molecule has 0 bridgehead atoms. The van der Waals surface area contributed by atoms with Gasteiger partial charge in [-0.1, -0.05) is 12.8 Å². The van der Waals surface area contributed by atoms with E-state index in [2.05, 4.69) is 15.4 Å². The summed E-state index contributed by atoms with van der Waals surface area (Å²) in [5, 5.41) is 14.2. The Morgan fingerprint density at radius 2 is 2.04 bits per heavy atom. The molecule has 9 nitrogen and oxygen atoms in total. The number of methoxy groups -OCH3 is 1. The summed E-state index contributed by atoms with van der Waals surface area (Å²) in [5.74, 6) is -1.40. The predicted octanol–water partition coefficient (Wildman–Crippen LogP) is -0.719. The van der Waals surface area contributed by atoms with E-state index in [1.165, 1.54) is 0 Å². The molecule has 1 spiro atoms. The number of ether oxygens (including phenoxy) is 1. The first-order valence-corrected chi connectivity index (χ1v) is 8.05. The lowest BCUT2D eigenvalue weighted by Gasteiger charge is -2.20. The van der Waals surface area contributed by atoms with Crippen LogP contribution in [-0.2, 0) is 19.1 Å². The Bertz CT molecular complexity index is 529. The van der Waals surface area contributed by atoms with Crippen LogP contribution in [0.25, 0.3) is 0 Å². The quantitative estimate of drug-likeness (QED) is 0.415. The lowest BCUT2D eigenvalue weighted by Crippen LogP contribution is -2.44. The number of rotatable bonds is 7. The number of hydrogen-bond acceptors (Lipinski definition) is 6. The Balaban J connectivity index is 1.79. The number of carbonyl (C=O) groups is 4. The molecule has 0 radical (unpaired) electrons. The van der Waals surface area contributed by atoms with E-state index in [-0.39, 0.29) is 25.3 Å². The van der Waals surface area contributed by atoms with Crippen LogP contribution < -0.4 is 10.6 Å². The van der Waals surface area contributed by atoms with E-state index in [0.29, 0.717) is 12.8 Å². The zero-order valence-corrected chi connectivity index (χ0v) is 13.7. The van der Waals surface area contributed by atoms with E-state index in [1.807, 2.05) is 0 Å². The van der Waals surface area contributed by atoms with Gasteiger partial charge in [0.05, 0.1) is 13.7 Å². The molecule has 2 fully saturated rings. The van der Waals surface area contributed by atoms with E-state index >= 15 is 0 Å². The molecule has 1 aliphatic heterocycles. The number of urea groups is 1. The highest BCUT2D eigenvalue weighted by Gasteiger charge is 2.52. The smallest absolute Gasteiger partial charge is 0.330 e. The SMILES string of the molecule is COC(=O)[C@H](CO)NC(=O)CCCN1C(=O)NC2(CCCC2)C1=O. The van der Waals surface area contributed by atoms with Crippen molar-refractivity contribution in [3.8, 4) is 0 Å². The number of nitrogens with one attached hydrogen (secondary N) is 2. The molecule has 1 heterocycles. The van der Waals surface area contributed by atoms with Crippen LogP contribution in [-0.4, -0.2) is 65.7 Å². The highest BCUT2D eigenvalue weighted by molar-refractivity contribution is 6.07. The minimum absolute atomic E-state index is 0.0254. The summed E-state index contributed by atoms with van der Waals surface area (Å²) >= 11 is 0. The molecule has 9 heteroatoms. The number of carbonyl (C=O) groups excluding carboxylic acids is 4. The van der Waals surface area contributed by atoms with Crippen LogP contribution in [0.2, 0.25) is 0 Å². The zero-order chi connectivity index (χ0) is 17.7. The van der Waals surface area contributed by atoms with Gasteiger partial charge in [-0.3, -0.25) is 14.5 Å². The third-order valence-corrected chi connectivity index (χ3v) is 4.49. The summed E-state index contributed by atoms with van der Waals surface area (Å²) in [4.78, 5) is 48.6. The fourth-order valence-electron chi connectivity index (χ4n) is 3.18. The summed E-state index contributed by atoms with van der Waals surface area (Å²) in [6.45, 7) is -0.421. The van der Waals surface area contributed by atoms with Crippen molar-refractivity contribution in [2.45, 2.75) is 50.1 Å². The maximum atomic E-state index is 12.4. The van der Waals surface area contributed by atoms with Crippen molar-refractivity contribution in [1.82, 2.24) is 15.5 Å². The topological polar surface area (TPSA) is 125 Å². The second kappa shape index (κ2) is 7.61. The van der Waals surface area contributed by atoms with Crippen molar-refractivity contribution in [3.05, 3.63) is 0 Å². The van der Waals surface area contributed by atoms with Crippen molar-refractivity contribution in [2.24, 2.45) is 0 Å². The molecule has 1 aliphatic carbocycles. The molecule has 0 aromatic carbocycles. The van der Waals surface area contributed by atoms with Gasteiger partial charge in [-0.25, -0.2) is 9.59 Å². The highest BCUT2D eigenvalue weighted by Crippen LogP contribution is 2.35. The summed E-state index contributed by atoms with van der Waals surface area (Å²) in [5.41, 5.74) is -0.744. The van der Waals surface area contributed by atoms with Gasteiger partial charge in [0.2, 0.25) is 5.91 Å². The average Bonchev–Trinajstić information content (AvgIpc) is 3.12. The number of aliphatic hydroxyl groups excluding tert-OH is 1. The first kappa shape index (κ1) is 18.2. The number of hydrogen-bond donors (Lipinski definition) is 3. The second-order valence-electron chi connectivity index (χ2n) is 6.11. The van der Waals surface area contributed by atoms with Gasteiger partial charge in [0, 0.05) is 13.0 Å². The Morgan fingerprint density at radius 3 is 2.62 bits per heavy atom. The average molecular weight is 341 g/mol. The number of amides is 4. The molecule has 2 rings (SSSR count). The van der Waals surface area contributed by atoms with Crippen molar-refractivity contribution < 1.29 is 29.0 Å². The van der Waals surface area contributed by atoms with E-state index < -0.39 is 36.1 Å². The Morgan fingerprint density at radius 1 is 1.38 bits per heavy atom. The maximum absolute atomic E-state index is 12.4. The molecule has 1 atom stereocenters. The molecule has 0 aromatic heterocycles. The van der Waals surface area contributed by atoms with Crippen LogP contribution in [0.5, 0.6) is 0 Å². The van der Waals surface area contributed by atoms with Crippen molar-refractivity contribution in [3.63, 3.8) is 0 Å². The number of nitrogens with zero attached hydrogens (tertiary/aromatic N) is 1. The van der Waals surface area contributed by atoms with Crippen LogP contribution in [0.15, 0.2) is 0 Å². The Kier molecular flexibility index (Phi) is 5.76.